The van der Waals surface area contributed by atoms with Gasteiger partial charge >= 0.3 is 0 Å². The van der Waals surface area contributed by atoms with Gasteiger partial charge in [-0.15, -0.1) is 0 Å². The summed E-state index contributed by atoms with van der Waals surface area (Å²) >= 11 is 0. The van der Waals surface area contributed by atoms with Gasteiger partial charge in [0.15, 0.2) is 0 Å². The molecule has 0 radical (unpaired) electrons. The van der Waals surface area contributed by atoms with Crippen LogP contribution in [0.25, 0.3) is 0 Å². The van der Waals surface area contributed by atoms with Crippen LogP contribution in [-0.2, 0) is 0 Å². The zero-order chi connectivity index (χ0) is 15.1. The van der Waals surface area contributed by atoms with Gasteiger partial charge in [0, 0.05) is 6.04 Å². The van der Waals surface area contributed by atoms with Crippen molar-refractivity contribution in [2.75, 3.05) is 27.2 Å². The Balaban J connectivity index is 2.54. The van der Waals surface area contributed by atoms with Crippen LogP contribution in [-0.4, -0.2) is 32.1 Å². The van der Waals surface area contributed by atoms with Crippen molar-refractivity contribution in [2.24, 2.45) is 5.92 Å². The minimum Gasteiger partial charge on any atom is -0.313 e. The normalized spacial score (nSPS) is 13.2. The van der Waals surface area contributed by atoms with Gasteiger partial charge in [0.1, 0.15) is 0 Å². The fourth-order valence-electron chi connectivity index (χ4n) is 2.63. The first-order valence-corrected chi connectivity index (χ1v) is 7.86. The number of rotatable bonds is 8. The average molecular weight is 276 g/mol. The highest BCUT2D eigenvalue weighted by Gasteiger charge is 2.11. The molecule has 0 amide bonds. The second-order valence-corrected chi connectivity index (χ2v) is 6.54. The highest BCUT2D eigenvalue weighted by Crippen LogP contribution is 2.20. The summed E-state index contributed by atoms with van der Waals surface area (Å²) in [6, 6.07) is 7.31. The molecule has 0 saturated heterocycles. The Kier molecular flexibility index (Phi) is 7.25. The molecule has 2 nitrogen and oxygen atoms in total. The molecular formula is C18H32N2. The molecule has 0 aliphatic rings. The van der Waals surface area contributed by atoms with Gasteiger partial charge in [0.25, 0.3) is 0 Å². The van der Waals surface area contributed by atoms with E-state index in [1.165, 1.54) is 29.7 Å². The molecule has 2 heteroatoms. The Hall–Kier alpha value is -0.860. The first-order chi connectivity index (χ1) is 9.42. The smallest absolute Gasteiger partial charge is 0.0329 e. The summed E-state index contributed by atoms with van der Waals surface area (Å²) in [6.07, 6.45) is 2.44. The van der Waals surface area contributed by atoms with E-state index in [9.17, 15) is 0 Å². The molecule has 0 spiro atoms. The monoisotopic (exact) mass is 276 g/mol. The Labute approximate surface area is 125 Å². The SMILES string of the molecule is CNC(CCN(C)CCC(C)C)c1cc(C)cc(C)c1. The van der Waals surface area contributed by atoms with E-state index >= 15 is 0 Å². The van der Waals surface area contributed by atoms with Crippen molar-refractivity contribution < 1.29 is 0 Å². The third-order valence-electron chi connectivity index (χ3n) is 3.88. The van der Waals surface area contributed by atoms with Crippen LogP contribution in [0.3, 0.4) is 0 Å². The summed E-state index contributed by atoms with van der Waals surface area (Å²) in [7, 11) is 4.30. The van der Waals surface area contributed by atoms with Gasteiger partial charge in [-0.2, -0.15) is 0 Å². The number of nitrogens with zero attached hydrogens (tertiary/aromatic N) is 1. The predicted molar refractivity (Wildman–Crippen MR) is 89.3 cm³/mol. The molecule has 20 heavy (non-hydrogen) atoms. The number of aryl methyl sites for hydroxylation is 2. The molecule has 0 aromatic heterocycles. The van der Waals surface area contributed by atoms with Crippen LogP contribution < -0.4 is 5.32 Å². The summed E-state index contributed by atoms with van der Waals surface area (Å²) in [4.78, 5) is 2.45. The van der Waals surface area contributed by atoms with E-state index in [0.29, 0.717) is 6.04 Å². The molecule has 0 aliphatic heterocycles. The molecular weight excluding hydrogens is 244 g/mol. The Bertz CT molecular complexity index is 378. The maximum atomic E-state index is 3.47. The van der Waals surface area contributed by atoms with Crippen LogP contribution in [0, 0.1) is 19.8 Å². The van der Waals surface area contributed by atoms with Crippen LogP contribution in [0.2, 0.25) is 0 Å². The predicted octanol–water partition coefficient (Wildman–Crippen LogP) is 3.93. The summed E-state index contributed by atoms with van der Waals surface area (Å²) in [6.45, 7) is 11.3. The van der Waals surface area contributed by atoms with Crippen LogP contribution in [0.4, 0.5) is 0 Å². The van der Waals surface area contributed by atoms with E-state index in [4.69, 9.17) is 0 Å². The molecule has 1 unspecified atom stereocenters. The van der Waals surface area contributed by atoms with Crippen molar-refractivity contribution in [1.29, 1.82) is 0 Å². The van der Waals surface area contributed by atoms with Crippen molar-refractivity contribution in [3.8, 4) is 0 Å². The number of hydrogen-bond acceptors (Lipinski definition) is 2. The molecule has 0 aliphatic carbocycles. The van der Waals surface area contributed by atoms with Crippen molar-refractivity contribution in [3.63, 3.8) is 0 Å². The van der Waals surface area contributed by atoms with E-state index in [-0.39, 0.29) is 0 Å². The molecule has 1 N–H and O–H groups in total. The number of nitrogens with one attached hydrogen (secondary N) is 1. The second-order valence-electron chi connectivity index (χ2n) is 6.54. The molecule has 1 aromatic carbocycles. The van der Waals surface area contributed by atoms with Crippen molar-refractivity contribution in [2.45, 2.75) is 46.6 Å². The minimum absolute atomic E-state index is 0.454. The molecule has 0 saturated carbocycles. The molecule has 1 rings (SSSR count). The van der Waals surface area contributed by atoms with Gasteiger partial charge in [-0.05, 0) is 65.4 Å². The van der Waals surface area contributed by atoms with E-state index in [2.05, 4.69) is 70.2 Å². The van der Waals surface area contributed by atoms with Gasteiger partial charge in [-0.1, -0.05) is 43.2 Å². The number of benzene rings is 1. The summed E-state index contributed by atoms with van der Waals surface area (Å²) in [5.41, 5.74) is 4.13. The van der Waals surface area contributed by atoms with Crippen molar-refractivity contribution in [1.82, 2.24) is 10.2 Å². The van der Waals surface area contributed by atoms with Crippen LogP contribution in [0.15, 0.2) is 18.2 Å². The molecule has 114 valence electrons. The highest BCUT2D eigenvalue weighted by atomic mass is 15.1. The summed E-state index contributed by atoms with van der Waals surface area (Å²) < 4.78 is 0. The Morgan fingerprint density at radius 2 is 1.55 bits per heavy atom. The van der Waals surface area contributed by atoms with E-state index < -0.39 is 0 Å². The fourth-order valence-corrected chi connectivity index (χ4v) is 2.63. The summed E-state index contributed by atoms with van der Waals surface area (Å²) in [5, 5.41) is 3.47. The first-order valence-electron chi connectivity index (χ1n) is 7.86. The molecule has 0 heterocycles. The van der Waals surface area contributed by atoms with E-state index in [1.807, 2.05) is 0 Å². The maximum Gasteiger partial charge on any atom is 0.0329 e. The van der Waals surface area contributed by atoms with E-state index in [0.717, 1.165) is 18.9 Å². The van der Waals surface area contributed by atoms with Crippen LogP contribution in [0.1, 0.15) is 49.4 Å². The Morgan fingerprint density at radius 1 is 1.00 bits per heavy atom. The second kappa shape index (κ2) is 8.43. The molecule has 0 bridgehead atoms. The fraction of sp³-hybridized carbons (Fsp3) is 0.667. The quantitative estimate of drug-likeness (QED) is 0.774. The van der Waals surface area contributed by atoms with Gasteiger partial charge in [0.2, 0.25) is 0 Å². The third kappa shape index (κ3) is 6.06. The first kappa shape index (κ1) is 17.2. The van der Waals surface area contributed by atoms with Gasteiger partial charge in [-0.25, -0.2) is 0 Å². The molecule has 0 fully saturated rings. The largest absolute Gasteiger partial charge is 0.313 e. The van der Waals surface area contributed by atoms with Crippen molar-refractivity contribution >= 4 is 0 Å². The zero-order valence-corrected chi connectivity index (χ0v) is 14.2. The van der Waals surface area contributed by atoms with Crippen LogP contribution in [0.5, 0.6) is 0 Å². The summed E-state index contributed by atoms with van der Waals surface area (Å²) in [5.74, 6) is 0.789. The molecule has 1 aromatic rings. The average Bonchev–Trinajstić information content (AvgIpc) is 2.36. The minimum atomic E-state index is 0.454. The van der Waals surface area contributed by atoms with Gasteiger partial charge in [-0.3, -0.25) is 0 Å². The maximum absolute atomic E-state index is 3.47. The lowest BCUT2D eigenvalue weighted by Crippen LogP contribution is -2.27. The standard InChI is InChI=1S/C18H32N2/c1-14(2)7-9-20(6)10-8-18(19-5)17-12-15(3)11-16(4)13-17/h11-14,18-19H,7-10H2,1-6H3. The number of hydrogen-bond donors (Lipinski definition) is 1. The lowest BCUT2D eigenvalue weighted by atomic mass is 9.99. The third-order valence-corrected chi connectivity index (χ3v) is 3.88. The van der Waals surface area contributed by atoms with Gasteiger partial charge in [0.05, 0.1) is 0 Å². The lowest BCUT2D eigenvalue weighted by Gasteiger charge is -2.23. The molecule has 1 atom stereocenters. The lowest BCUT2D eigenvalue weighted by molar-refractivity contribution is 0.292. The zero-order valence-electron chi connectivity index (χ0n) is 14.2. The van der Waals surface area contributed by atoms with Crippen molar-refractivity contribution in [3.05, 3.63) is 34.9 Å². The highest BCUT2D eigenvalue weighted by molar-refractivity contribution is 5.30. The van der Waals surface area contributed by atoms with E-state index in [1.54, 1.807) is 0 Å². The Morgan fingerprint density at radius 3 is 2.05 bits per heavy atom. The van der Waals surface area contributed by atoms with Crippen LogP contribution >= 0.6 is 0 Å². The topological polar surface area (TPSA) is 15.3 Å². The van der Waals surface area contributed by atoms with Gasteiger partial charge < -0.3 is 10.2 Å².